The number of ether oxygens (including phenoxy) is 4. The highest BCUT2D eigenvalue weighted by atomic mass is 35.5. The van der Waals surface area contributed by atoms with Crippen molar-refractivity contribution in [2.75, 3.05) is 116 Å². The lowest BCUT2D eigenvalue weighted by Crippen LogP contribution is -2.58. The van der Waals surface area contributed by atoms with E-state index in [0.29, 0.717) is 60.3 Å². The molecule has 5 N–H and O–H groups in total. The Morgan fingerprint density at radius 3 is 2.21 bits per heavy atom. The molecule has 2 aromatic heterocycles. The number of halogens is 2. The Kier molecular flexibility index (Phi) is 22.0. The van der Waals surface area contributed by atoms with Gasteiger partial charge in [0.15, 0.2) is 5.82 Å². The molecule has 2 aliphatic rings. The molecule has 8 rings (SSSR count). The summed E-state index contributed by atoms with van der Waals surface area (Å²) in [6.45, 7) is 14.3. The third kappa shape index (κ3) is 16.4. The number of aryl methyl sites for hydroxylation is 1. The second kappa shape index (κ2) is 29.3. The zero-order valence-corrected chi connectivity index (χ0v) is 50.7. The summed E-state index contributed by atoms with van der Waals surface area (Å²) >= 11 is 8.44. The van der Waals surface area contributed by atoms with Crippen molar-refractivity contribution in [3.8, 4) is 27.3 Å². The van der Waals surface area contributed by atoms with Crippen LogP contribution in [0.25, 0.3) is 43.2 Å². The number of amides is 5. The molecule has 2 aliphatic heterocycles. The van der Waals surface area contributed by atoms with Gasteiger partial charge in [0, 0.05) is 83.6 Å². The Balaban J connectivity index is 0.711. The van der Waals surface area contributed by atoms with Crippen LogP contribution in [0.3, 0.4) is 0 Å². The van der Waals surface area contributed by atoms with Crippen LogP contribution < -0.4 is 20.9 Å². The average Bonchev–Trinajstić information content (AvgIpc) is 2.07. The number of carbonyl (C=O) groups excluding carboxylic acids is 5. The molecule has 21 nitrogen and oxygen atoms in total. The van der Waals surface area contributed by atoms with E-state index in [1.54, 1.807) is 45.8 Å². The predicted molar refractivity (Wildman–Crippen MR) is 324 cm³/mol. The minimum Gasteiger partial charge on any atom is -0.508 e. The quantitative estimate of drug-likeness (QED) is 0.0353. The minimum atomic E-state index is -1.00. The normalized spacial score (nSPS) is 16.2. The van der Waals surface area contributed by atoms with Crippen molar-refractivity contribution >= 4 is 85.9 Å². The van der Waals surface area contributed by atoms with Gasteiger partial charge in [0.1, 0.15) is 35.8 Å². The molecular formula is C61H76ClFN10O11S. The van der Waals surface area contributed by atoms with Crippen LogP contribution in [0.15, 0.2) is 72.2 Å². The van der Waals surface area contributed by atoms with Crippen LogP contribution in [-0.4, -0.2) is 193 Å². The van der Waals surface area contributed by atoms with Crippen LogP contribution in [0.5, 0.6) is 5.75 Å². The van der Waals surface area contributed by atoms with E-state index < -0.39 is 47.1 Å². The third-order valence-corrected chi connectivity index (χ3v) is 16.3. The van der Waals surface area contributed by atoms with E-state index >= 15 is 4.39 Å². The number of likely N-dealkylation sites (N-methyl/N-ethyl adjacent to an activating group) is 1. The first-order valence-electron chi connectivity index (χ1n) is 28.5. The summed E-state index contributed by atoms with van der Waals surface area (Å²) in [5.41, 5.74) is 4.42. The van der Waals surface area contributed by atoms with Crippen LogP contribution in [-0.2, 0) is 42.9 Å². The van der Waals surface area contributed by atoms with Gasteiger partial charge in [0.2, 0.25) is 35.5 Å². The highest BCUT2D eigenvalue weighted by molar-refractivity contribution is 7.13. The lowest BCUT2D eigenvalue weighted by Gasteiger charge is -2.35. The van der Waals surface area contributed by atoms with Gasteiger partial charge >= 0.3 is 0 Å². The molecule has 0 spiro atoms. The van der Waals surface area contributed by atoms with E-state index in [1.807, 2.05) is 88.0 Å². The molecular weight excluding hydrogens is 1140 g/mol. The monoisotopic (exact) mass is 1210 g/mol. The van der Waals surface area contributed by atoms with E-state index in [-0.39, 0.29) is 124 Å². The Morgan fingerprint density at radius 1 is 0.882 bits per heavy atom. The molecule has 0 aliphatic carbocycles. The number of piperazine rings is 1. The number of β-amino-alcohol motifs (C(OH)–C–C–N with tert-alkyl or cyclic N) is 1. The maximum absolute atomic E-state index is 17.0. The van der Waals surface area contributed by atoms with Gasteiger partial charge in [0.25, 0.3) is 0 Å². The fourth-order valence-corrected chi connectivity index (χ4v) is 11.4. The molecule has 6 aromatic rings. The summed E-state index contributed by atoms with van der Waals surface area (Å²) in [5.74, 6) is -1.79. The van der Waals surface area contributed by atoms with Gasteiger partial charge in [-0.15, -0.1) is 11.3 Å². The number of nitrogens with one attached hydrogen (secondary N) is 3. The molecule has 5 amide bonds. The number of phenols is 1. The molecule has 4 heterocycles. The Bertz CT molecular complexity index is 3320. The van der Waals surface area contributed by atoms with Crippen molar-refractivity contribution in [1.29, 1.82) is 0 Å². The fraction of sp³-hybridized carbons (Fsp3) is 0.475. The second-order valence-electron chi connectivity index (χ2n) is 22.3. The van der Waals surface area contributed by atoms with Crippen molar-refractivity contribution in [3.05, 3.63) is 94.3 Å². The lowest BCUT2D eigenvalue weighted by molar-refractivity contribution is -0.144. The van der Waals surface area contributed by atoms with Gasteiger partial charge in [-0.3, -0.25) is 24.0 Å². The first-order chi connectivity index (χ1) is 40.7. The van der Waals surface area contributed by atoms with Crippen LogP contribution >= 0.6 is 22.9 Å². The number of hydrogen-bond donors (Lipinski definition) is 5. The number of aliphatic hydroxyl groups is 1. The number of aliphatic hydroxyl groups excluding tert-OH is 1. The molecule has 0 radical (unpaired) electrons. The number of phenolic OH excluding ortho intramolecular Hbond substituents is 1. The van der Waals surface area contributed by atoms with Crippen molar-refractivity contribution < 1.29 is 57.5 Å². The number of rotatable bonds is 26. The Labute approximate surface area is 503 Å². The molecule has 0 saturated carbocycles. The van der Waals surface area contributed by atoms with Crippen molar-refractivity contribution in [1.82, 2.24) is 40.3 Å². The SMILES string of the molecule is CC(=O)N1CCN(c2nc(NCCC(=O)N(C)CCOCCOCCOCCOCC(=O)NC(C(=O)N3C[C@H](O)C[C@H]3C(=O)N[C@@H](C)c3ccc(-c4scnc4C)cc3)C(C)(C)C)nc3c(F)c(-c4cc(O)cc5ccccc45)c(Cl)cc23)CC1. The van der Waals surface area contributed by atoms with Gasteiger partial charge in [-0.2, -0.15) is 4.98 Å². The van der Waals surface area contributed by atoms with Crippen molar-refractivity contribution in [2.45, 2.75) is 78.6 Å². The summed E-state index contributed by atoms with van der Waals surface area (Å²) in [7, 11) is 1.67. The van der Waals surface area contributed by atoms with Crippen molar-refractivity contribution in [2.24, 2.45) is 5.41 Å². The van der Waals surface area contributed by atoms with Crippen LogP contribution in [0, 0.1) is 18.2 Å². The lowest BCUT2D eigenvalue weighted by atomic mass is 9.85. The maximum atomic E-state index is 17.0. The highest BCUT2D eigenvalue weighted by Gasteiger charge is 2.45. The summed E-state index contributed by atoms with van der Waals surface area (Å²) < 4.78 is 39.4. The van der Waals surface area contributed by atoms with Gasteiger partial charge < -0.3 is 64.7 Å². The number of anilines is 2. The smallest absolute Gasteiger partial charge is 0.246 e. The molecule has 85 heavy (non-hydrogen) atoms. The zero-order chi connectivity index (χ0) is 61.0. The number of likely N-dealkylation sites (tertiary alicyclic amines) is 1. The van der Waals surface area contributed by atoms with E-state index in [4.69, 9.17) is 35.5 Å². The highest BCUT2D eigenvalue weighted by Crippen LogP contribution is 2.42. The van der Waals surface area contributed by atoms with Crippen LogP contribution in [0.1, 0.15) is 64.8 Å². The molecule has 456 valence electrons. The van der Waals surface area contributed by atoms with Crippen molar-refractivity contribution in [3.63, 3.8) is 0 Å². The molecule has 1 unspecified atom stereocenters. The molecule has 4 atom stereocenters. The number of hydrogen-bond acceptors (Lipinski definition) is 17. The second-order valence-corrected chi connectivity index (χ2v) is 23.5. The number of nitrogens with zero attached hydrogens (tertiary/aromatic N) is 7. The number of benzene rings is 4. The Hall–Kier alpha value is -7.12. The Morgan fingerprint density at radius 2 is 1.55 bits per heavy atom. The molecule has 0 bridgehead atoms. The summed E-state index contributed by atoms with van der Waals surface area (Å²) in [4.78, 5) is 87.5. The van der Waals surface area contributed by atoms with Gasteiger partial charge in [-0.25, -0.2) is 14.4 Å². The van der Waals surface area contributed by atoms with Crippen LogP contribution in [0.4, 0.5) is 16.2 Å². The first-order valence-corrected chi connectivity index (χ1v) is 29.7. The summed E-state index contributed by atoms with van der Waals surface area (Å²) in [5, 5.41) is 32.1. The molecule has 24 heteroatoms. The van der Waals surface area contributed by atoms with E-state index in [1.165, 1.54) is 17.9 Å². The van der Waals surface area contributed by atoms with E-state index in [2.05, 4.69) is 25.9 Å². The van der Waals surface area contributed by atoms with E-state index in [0.717, 1.165) is 21.7 Å². The first kappa shape index (κ1) is 63.9. The van der Waals surface area contributed by atoms with Crippen LogP contribution in [0.2, 0.25) is 5.02 Å². The van der Waals surface area contributed by atoms with Gasteiger partial charge in [0.05, 0.1) is 79.5 Å². The number of thiazole rings is 1. The summed E-state index contributed by atoms with van der Waals surface area (Å²) in [6.07, 6.45) is -0.759. The topological polar surface area (TPSA) is 250 Å². The fourth-order valence-electron chi connectivity index (χ4n) is 10.3. The zero-order valence-electron chi connectivity index (χ0n) is 49.1. The number of carbonyl (C=O) groups is 5. The molecule has 4 aromatic carbocycles. The third-order valence-electron chi connectivity index (χ3n) is 15.0. The minimum absolute atomic E-state index is 0.00531. The molecule has 2 fully saturated rings. The largest absolute Gasteiger partial charge is 0.508 e. The number of aromatic nitrogens is 3. The maximum Gasteiger partial charge on any atom is 0.246 e. The average molecular weight is 1210 g/mol. The standard InChI is InChI=1S/C61H76ClFN10O11S/c1-37(40-12-14-41(15-13-40)55-38(2)65-36-85-55)66-58(79)49-32-44(76)34-73(49)59(80)56(61(4,5)6)67-50(77)35-84-29-28-83-27-26-82-25-24-81-23-22-70(7)51(78)16-17-64-60-68-54-47(57(69-60)72-20-18-71(19-21-72)39(3)74)33-48(62)52(53(54)63)46-31-43(75)30-42-10-8-9-11-45(42)46/h8-15,30-31,33,36-37,44,49,56,75-76H,16-29,32,34-35H2,1-7H3,(H,66,79)(H,67,77)(H,64,68,69)/t37-,44+,49-,56?/m0/s1. The number of aromatic hydroxyl groups is 1. The predicted octanol–water partition coefficient (Wildman–Crippen LogP) is 6.75. The summed E-state index contributed by atoms with van der Waals surface area (Å²) in [6, 6.07) is 17.6. The van der Waals surface area contributed by atoms with Gasteiger partial charge in [-0.05, 0) is 64.9 Å². The molecule has 2 saturated heterocycles. The number of fused-ring (bicyclic) bond motifs is 2. The van der Waals surface area contributed by atoms with E-state index in [9.17, 15) is 34.2 Å². The van der Waals surface area contributed by atoms with Gasteiger partial charge in [-0.1, -0.05) is 80.9 Å².